The zero-order valence-electron chi connectivity index (χ0n) is 16.8. The number of anilines is 1. The molecule has 8 heteroatoms. The number of nitrogens with one attached hydrogen (secondary N) is 1. The molecule has 0 aliphatic carbocycles. The Morgan fingerprint density at radius 1 is 1.10 bits per heavy atom. The maximum absolute atomic E-state index is 13.1. The highest BCUT2D eigenvalue weighted by Gasteiger charge is 2.33. The molecule has 1 amide bonds. The molecule has 0 saturated carbocycles. The summed E-state index contributed by atoms with van der Waals surface area (Å²) in [6.45, 7) is 2.37. The topological polar surface area (TPSA) is 84.9 Å². The number of rotatable bonds is 6. The largest absolute Gasteiger partial charge is 0.497 e. The van der Waals surface area contributed by atoms with Gasteiger partial charge in [0.15, 0.2) is 0 Å². The molecule has 3 rings (SSSR count). The van der Waals surface area contributed by atoms with Gasteiger partial charge in [0.1, 0.15) is 11.5 Å². The van der Waals surface area contributed by atoms with E-state index in [9.17, 15) is 13.2 Å². The molecule has 156 valence electrons. The summed E-state index contributed by atoms with van der Waals surface area (Å²) < 4.78 is 37.9. The summed E-state index contributed by atoms with van der Waals surface area (Å²) in [6.07, 6.45) is 1.28. The Morgan fingerprint density at radius 3 is 2.45 bits per heavy atom. The Balaban J connectivity index is 1.71. The molecule has 0 spiro atoms. The van der Waals surface area contributed by atoms with Crippen LogP contribution >= 0.6 is 0 Å². The number of methoxy groups -OCH3 is 2. The summed E-state index contributed by atoms with van der Waals surface area (Å²) in [6, 6.07) is 11.8. The Bertz CT molecular complexity index is 973. The molecule has 0 aromatic heterocycles. The minimum Gasteiger partial charge on any atom is -0.497 e. The van der Waals surface area contributed by atoms with E-state index in [-0.39, 0.29) is 17.3 Å². The third kappa shape index (κ3) is 4.71. The third-order valence-corrected chi connectivity index (χ3v) is 6.98. The van der Waals surface area contributed by atoms with E-state index in [1.54, 1.807) is 63.6 Å². The van der Waals surface area contributed by atoms with Crippen molar-refractivity contribution in [3.8, 4) is 11.5 Å². The number of carbonyl (C=O) groups is 1. The maximum Gasteiger partial charge on any atom is 0.243 e. The van der Waals surface area contributed by atoms with Crippen LogP contribution < -0.4 is 14.8 Å². The smallest absolute Gasteiger partial charge is 0.243 e. The van der Waals surface area contributed by atoms with Gasteiger partial charge < -0.3 is 14.8 Å². The number of ether oxygens (including phenoxy) is 2. The van der Waals surface area contributed by atoms with Crippen molar-refractivity contribution in [2.75, 3.05) is 32.6 Å². The molecule has 1 N–H and O–H groups in total. The molecular weight excluding hydrogens is 392 g/mol. The van der Waals surface area contributed by atoms with E-state index >= 15 is 0 Å². The van der Waals surface area contributed by atoms with Crippen LogP contribution in [-0.2, 0) is 14.8 Å². The van der Waals surface area contributed by atoms with E-state index in [2.05, 4.69) is 5.32 Å². The zero-order valence-corrected chi connectivity index (χ0v) is 17.7. The maximum atomic E-state index is 13.1. The van der Waals surface area contributed by atoms with E-state index in [0.29, 0.717) is 36.6 Å². The molecule has 1 heterocycles. The quantitative estimate of drug-likeness (QED) is 0.779. The Hall–Kier alpha value is -2.58. The van der Waals surface area contributed by atoms with Gasteiger partial charge in [-0.1, -0.05) is 0 Å². The molecule has 1 saturated heterocycles. The minimum atomic E-state index is -3.68. The van der Waals surface area contributed by atoms with Crippen LogP contribution in [0.5, 0.6) is 11.5 Å². The lowest BCUT2D eigenvalue weighted by Crippen LogP contribution is -2.43. The van der Waals surface area contributed by atoms with Crippen LogP contribution in [0.25, 0.3) is 0 Å². The highest BCUT2D eigenvalue weighted by Crippen LogP contribution is 2.28. The van der Waals surface area contributed by atoms with Crippen LogP contribution in [0.15, 0.2) is 47.4 Å². The van der Waals surface area contributed by atoms with E-state index in [1.165, 1.54) is 4.31 Å². The lowest BCUT2D eigenvalue weighted by molar-refractivity contribution is -0.120. The fraction of sp³-hybridized carbons (Fsp3) is 0.381. The summed E-state index contributed by atoms with van der Waals surface area (Å²) in [5, 5.41) is 2.87. The Labute approximate surface area is 171 Å². The summed E-state index contributed by atoms with van der Waals surface area (Å²) in [4.78, 5) is 12.9. The van der Waals surface area contributed by atoms with Crippen molar-refractivity contribution >= 4 is 21.6 Å². The van der Waals surface area contributed by atoms with Crippen LogP contribution in [0.1, 0.15) is 18.4 Å². The highest BCUT2D eigenvalue weighted by atomic mass is 32.2. The molecule has 29 heavy (non-hydrogen) atoms. The fourth-order valence-electron chi connectivity index (χ4n) is 3.45. The first-order chi connectivity index (χ1) is 13.8. The third-order valence-electron chi connectivity index (χ3n) is 5.12. The molecule has 0 bridgehead atoms. The number of carbonyl (C=O) groups excluding carboxylic acids is 1. The molecule has 0 unspecified atom stereocenters. The van der Waals surface area contributed by atoms with Crippen LogP contribution in [0, 0.1) is 12.8 Å². The van der Waals surface area contributed by atoms with Gasteiger partial charge in [-0.3, -0.25) is 4.79 Å². The van der Waals surface area contributed by atoms with Crippen molar-refractivity contribution in [3.05, 3.63) is 48.0 Å². The van der Waals surface area contributed by atoms with E-state index in [0.717, 1.165) is 5.56 Å². The van der Waals surface area contributed by atoms with Crippen molar-refractivity contribution in [2.45, 2.75) is 24.7 Å². The molecule has 7 nitrogen and oxygen atoms in total. The fourth-order valence-corrected chi connectivity index (χ4v) is 5.06. The molecule has 1 fully saturated rings. The lowest BCUT2D eigenvalue weighted by atomic mass is 9.99. The minimum absolute atomic E-state index is 0.162. The predicted octanol–water partition coefficient (Wildman–Crippen LogP) is 3.05. The second-order valence-corrected chi connectivity index (χ2v) is 8.99. The monoisotopic (exact) mass is 418 g/mol. The highest BCUT2D eigenvalue weighted by molar-refractivity contribution is 7.89. The molecular formula is C21H26N2O5S. The van der Waals surface area contributed by atoms with Crippen molar-refractivity contribution < 1.29 is 22.7 Å². The number of aryl methyl sites for hydroxylation is 1. The van der Waals surface area contributed by atoms with Crippen LogP contribution in [-0.4, -0.2) is 45.9 Å². The average molecular weight is 419 g/mol. The van der Waals surface area contributed by atoms with E-state index in [1.807, 2.05) is 0 Å². The Morgan fingerprint density at radius 2 is 1.83 bits per heavy atom. The standard InChI is InChI=1S/C21H26N2O5S/c1-15-13-19(10-11-20(15)28-3)29(25,26)23-12-4-5-16(14-23)21(24)22-17-6-8-18(27-2)9-7-17/h6-11,13,16H,4-5,12,14H2,1-3H3,(H,22,24)/t16-/m1/s1. The van der Waals surface area contributed by atoms with E-state index in [4.69, 9.17) is 9.47 Å². The number of hydrogen-bond acceptors (Lipinski definition) is 5. The SMILES string of the molecule is COc1ccc(NC(=O)[C@@H]2CCCN(S(=O)(=O)c3ccc(OC)c(C)c3)C2)cc1. The molecule has 0 radical (unpaired) electrons. The van der Waals surface area contributed by atoms with Crippen molar-refractivity contribution in [3.63, 3.8) is 0 Å². The first kappa shape index (κ1) is 21.1. The number of piperidine rings is 1. The summed E-state index contributed by atoms with van der Waals surface area (Å²) in [5.74, 6) is 0.757. The Kier molecular flexibility index (Phi) is 6.44. The summed E-state index contributed by atoms with van der Waals surface area (Å²) >= 11 is 0. The van der Waals surface area contributed by atoms with Gasteiger partial charge >= 0.3 is 0 Å². The predicted molar refractivity (Wildman–Crippen MR) is 111 cm³/mol. The van der Waals surface area contributed by atoms with Crippen molar-refractivity contribution in [2.24, 2.45) is 5.92 Å². The zero-order chi connectivity index (χ0) is 21.0. The molecule has 2 aromatic carbocycles. The second-order valence-electron chi connectivity index (χ2n) is 7.05. The van der Waals surface area contributed by atoms with Gasteiger partial charge in [-0.2, -0.15) is 4.31 Å². The lowest BCUT2D eigenvalue weighted by Gasteiger charge is -2.31. The van der Waals surface area contributed by atoms with Gasteiger partial charge in [-0.15, -0.1) is 0 Å². The van der Waals surface area contributed by atoms with Gasteiger partial charge in [-0.25, -0.2) is 8.42 Å². The number of benzene rings is 2. The van der Waals surface area contributed by atoms with E-state index < -0.39 is 15.9 Å². The average Bonchev–Trinajstić information content (AvgIpc) is 2.74. The second kappa shape index (κ2) is 8.84. The number of amides is 1. The van der Waals surface area contributed by atoms with Gasteiger partial charge in [0.05, 0.1) is 25.0 Å². The molecule has 2 aromatic rings. The van der Waals surface area contributed by atoms with Gasteiger partial charge in [0.2, 0.25) is 15.9 Å². The van der Waals surface area contributed by atoms with Gasteiger partial charge in [0, 0.05) is 18.8 Å². The number of sulfonamides is 1. The molecule has 1 atom stereocenters. The molecule has 1 aliphatic rings. The van der Waals surface area contributed by atoms with Gasteiger partial charge in [0.25, 0.3) is 0 Å². The normalized spacial score (nSPS) is 17.6. The van der Waals surface area contributed by atoms with Crippen molar-refractivity contribution in [1.29, 1.82) is 0 Å². The number of nitrogens with zero attached hydrogens (tertiary/aromatic N) is 1. The van der Waals surface area contributed by atoms with Crippen LogP contribution in [0.4, 0.5) is 5.69 Å². The summed E-state index contributed by atoms with van der Waals surface area (Å²) in [7, 11) is -0.549. The van der Waals surface area contributed by atoms with Crippen LogP contribution in [0.3, 0.4) is 0 Å². The molecule has 1 aliphatic heterocycles. The first-order valence-corrected chi connectivity index (χ1v) is 10.9. The van der Waals surface area contributed by atoms with Gasteiger partial charge in [-0.05, 0) is 67.8 Å². The van der Waals surface area contributed by atoms with Crippen molar-refractivity contribution in [1.82, 2.24) is 4.31 Å². The first-order valence-electron chi connectivity index (χ1n) is 9.45. The summed E-state index contributed by atoms with van der Waals surface area (Å²) in [5.41, 5.74) is 1.40. The van der Waals surface area contributed by atoms with Crippen LogP contribution in [0.2, 0.25) is 0 Å². The number of hydrogen-bond donors (Lipinski definition) is 1.